The second-order valence-corrected chi connectivity index (χ2v) is 6.74. The molecule has 7 nitrogen and oxygen atoms in total. The van der Waals surface area contributed by atoms with E-state index in [0.29, 0.717) is 16.9 Å². The van der Waals surface area contributed by atoms with Gasteiger partial charge in [-0.15, -0.1) is 0 Å². The summed E-state index contributed by atoms with van der Waals surface area (Å²) in [5.41, 5.74) is 4.62. The number of amides is 1. The molecule has 1 amide bonds. The van der Waals surface area contributed by atoms with Crippen LogP contribution in [0, 0.1) is 6.92 Å². The van der Waals surface area contributed by atoms with Crippen molar-refractivity contribution >= 4 is 28.9 Å². The molecule has 0 unspecified atom stereocenters. The van der Waals surface area contributed by atoms with E-state index in [1.165, 1.54) is 24.8 Å². The van der Waals surface area contributed by atoms with Crippen molar-refractivity contribution in [1.29, 1.82) is 0 Å². The molecule has 31 heavy (non-hydrogen) atoms. The number of hydrazone groups is 1. The summed E-state index contributed by atoms with van der Waals surface area (Å²) in [7, 11) is 0. The second kappa shape index (κ2) is 8.96. The monoisotopic (exact) mass is 410 g/mol. The average molecular weight is 410 g/mol. The third-order valence-electron chi connectivity index (χ3n) is 4.58. The molecule has 0 atom stereocenters. The summed E-state index contributed by atoms with van der Waals surface area (Å²) < 4.78 is 5.66. The first kappa shape index (κ1) is 19.9. The number of nitrogens with zero attached hydrogens (tertiary/aromatic N) is 3. The number of esters is 1. The Bertz CT molecular complexity index is 1270. The standard InChI is InChI=1S/C24H18N4O3/c1-16-6-8-18(9-7-16)24(30)31-22-11-10-17-4-2-3-5-19(17)20(22)14-27-28-23(29)21-15-25-12-13-26-21/h2-15H,1H3,(H,28,29)/b27-14+. The van der Waals surface area contributed by atoms with Gasteiger partial charge in [0.1, 0.15) is 11.4 Å². The largest absolute Gasteiger partial charge is 0.422 e. The first-order valence-corrected chi connectivity index (χ1v) is 9.52. The normalized spacial score (nSPS) is 10.9. The summed E-state index contributed by atoms with van der Waals surface area (Å²) in [6.45, 7) is 1.95. The smallest absolute Gasteiger partial charge is 0.343 e. The fraction of sp³-hybridized carbons (Fsp3) is 0.0417. The zero-order chi connectivity index (χ0) is 21.6. The number of aromatic nitrogens is 2. The molecular formula is C24H18N4O3. The molecule has 0 saturated heterocycles. The highest BCUT2D eigenvalue weighted by Crippen LogP contribution is 2.27. The van der Waals surface area contributed by atoms with Crippen LogP contribution in [0.15, 0.2) is 84.4 Å². The molecule has 152 valence electrons. The number of carbonyl (C=O) groups excluding carboxylic acids is 2. The van der Waals surface area contributed by atoms with E-state index in [1.807, 2.05) is 49.4 Å². The van der Waals surface area contributed by atoms with Gasteiger partial charge in [-0.25, -0.2) is 15.2 Å². The van der Waals surface area contributed by atoms with Crippen LogP contribution in [0.25, 0.3) is 10.8 Å². The maximum atomic E-state index is 12.6. The molecule has 3 aromatic carbocycles. The van der Waals surface area contributed by atoms with Crippen LogP contribution < -0.4 is 10.2 Å². The number of benzene rings is 3. The number of nitrogens with one attached hydrogen (secondary N) is 1. The maximum absolute atomic E-state index is 12.6. The maximum Gasteiger partial charge on any atom is 0.343 e. The van der Waals surface area contributed by atoms with Gasteiger partial charge in [-0.3, -0.25) is 9.78 Å². The van der Waals surface area contributed by atoms with Crippen LogP contribution >= 0.6 is 0 Å². The number of ether oxygens (including phenoxy) is 1. The molecule has 0 bridgehead atoms. The van der Waals surface area contributed by atoms with Crippen LogP contribution in [0.3, 0.4) is 0 Å². The van der Waals surface area contributed by atoms with Crippen molar-refractivity contribution < 1.29 is 14.3 Å². The lowest BCUT2D eigenvalue weighted by Gasteiger charge is -2.10. The number of rotatable bonds is 5. The minimum atomic E-state index is -0.497. The molecule has 0 saturated carbocycles. The number of aryl methyl sites for hydroxylation is 1. The van der Waals surface area contributed by atoms with Gasteiger partial charge in [-0.1, -0.05) is 48.0 Å². The zero-order valence-electron chi connectivity index (χ0n) is 16.6. The van der Waals surface area contributed by atoms with Crippen molar-refractivity contribution in [3.8, 4) is 5.75 Å². The third kappa shape index (κ3) is 4.62. The van der Waals surface area contributed by atoms with E-state index in [2.05, 4.69) is 20.5 Å². The lowest BCUT2D eigenvalue weighted by atomic mass is 10.0. The van der Waals surface area contributed by atoms with Gasteiger partial charge in [0.2, 0.25) is 0 Å². The van der Waals surface area contributed by atoms with E-state index >= 15 is 0 Å². The predicted molar refractivity (Wildman–Crippen MR) is 117 cm³/mol. The van der Waals surface area contributed by atoms with E-state index in [-0.39, 0.29) is 5.69 Å². The lowest BCUT2D eigenvalue weighted by molar-refractivity contribution is 0.0734. The molecule has 7 heteroatoms. The summed E-state index contributed by atoms with van der Waals surface area (Å²) in [5.74, 6) is -0.641. The van der Waals surface area contributed by atoms with Crippen molar-refractivity contribution in [3.63, 3.8) is 0 Å². The molecule has 1 N–H and O–H groups in total. The van der Waals surface area contributed by atoms with Gasteiger partial charge in [-0.2, -0.15) is 5.10 Å². The molecule has 0 fully saturated rings. The number of fused-ring (bicyclic) bond motifs is 1. The fourth-order valence-corrected chi connectivity index (χ4v) is 2.98. The van der Waals surface area contributed by atoms with Gasteiger partial charge in [0.15, 0.2) is 0 Å². The Morgan fingerprint density at radius 1 is 1.00 bits per heavy atom. The van der Waals surface area contributed by atoms with Crippen molar-refractivity contribution in [2.24, 2.45) is 5.10 Å². The Kier molecular flexibility index (Phi) is 5.75. The molecular weight excluding hydrogens is 392 g/mol. The van der Waals surface area contributed by atoms with Gasteiger partial charge >= 0.3 is 5.97 Å². The first-order chi connectivity index (χ1) is 15.1. The topological polar surface area (TPSA) is 93.5 Å². The Hall–Kier alpha value is -4.39. The lowest BCUT2D eigenvalue weighted by Crippen LogP contribution is -2.19. The SMILES string of the molecule is Cc1ccc(C(=O)Oc2ccc3ccccc3c2/C=N/NC(=O)c2cnccn2)cc1. The summed E-state index contributed by atoms with van der Waals surface area (Å²) in [6, 6.07) is 18.3. The Morgan fingerprint density at radius 2 is 1.81 bits per heavy atom. The van der Waals surface area contributed by atoms with E-state index in [4.69, 9.17) is 4.74 Å². The zero-order valence-corrected chi connectivity index (χ0v) is 16.6. The highest BCUT2D eigenvalue weighted by Gasteiger charge is 2.14. The molecule has 1 heterocycles. The molecule has 4 rings (SSSR count). The van der Waals surface area contributed by atoms with Gasteiger partial charge in [0, 0.05) is 18.0 Å². The van der Waals surface area contributed by atoms with Gasteiger partial charge < -0.3 is 4.74 Å². The van der Waals surface area contributed by atoms with Crippen molar-refractivity contribution in [2.45, 2.75) is 6.92 Å². The minimum Gasteiger partial charge on any atom is -0.422 e. The molecule has 1 aromatic heterocycles. The minimum absolute atomic E-state index is 0.142. The summed E-state index contributed by atoms with van der Waals surface area (Å²) in [6.07, 6.45) is 5.70. The number of hydrogen-bond donors (Lipinski definition) is 1. The number of hydrogen-bond acceptors (Lipinski definition) is 6. The Balaban J connectivity index is 1.63. The van der Waals surface area contributed by atoms with Crippen molar-refractivity contribution in [1.82, 2.24) is 15.4 Å². The molecule has 0 aliphatic heterocycles. The molecule has 0 aliphatic rings. The van der Waals surface area contributed by atoms with Gasteiger partial charge in [-0.05, 0) is 35.9 Å². The van der Waals surface area contributed by atoms with Crippen LogP contribution in [0.5, 0.6) is 5.75 Å². The van der Waals surface area contributed by atoms with Crippen molar-refractivity contribution in [3.05, 3.63) is 102 Å². The number of carbonyl (C=O) groups is 2. The quantitative estimate of drug-likeness (QED) is 0.233. The molecule has 4 aromatic rings. The molecule has 0 spiro atoms. The second-order valence-electron chi connectivity index (χ2n) is 6.74. The van der Waals surface area contributed by atoms with E-state index in [9.17, 15) is 9.59 Å². The van der Waals surface area contributed by atoms with Gasteiger partial charge in [0.05, 0.1) is 18.0 Å². The van der Waals surface area contributed by atoms with Crippen LogP contribution in [0.1, 0.15) is 32.0 Å². The first-order valence-electron chi connectivity index (χ1n) is 9.52. The van der Waals surface area contributed by atoms with Crippen LogP contribution in [-0.2, 0) is 0 Å². The highest BCUT2D eigenvalue weighted by atomic mass is 16.5. The summed E-state index contributed by atoms with van der Waals surface area (Å²) in [5, 5.41) is 5.81. The van der Waals surface area contributed by atoms with Crippen LogP contribution in [-0.4, -0.2) is 28.1 Å². The van der Waals surface area contributed by atoms with E-state index < -0.39 is 11.9 Å². The Labute approximate surface area is 178 Å². The van der Waals surface area contributed by atoms with Gasteiger partial charge in [0.25, 0.3) is 5.91 Å². The van der Waals surface area contributed by atoms with Crippen molar-refractivity contribution in [2.75, 3.05) is 0 Å². The van der Waals surface area contributed by atoms with Crippen LogP contribution in [0.2, 0.25) is 0 Å². The van der Waals surface area contributed by atoms with E-state index in [0.717, 1.165) is 16.3 Å². The Morgan fingerprint density at radius 3 is 2.58 bits per heavy atom. The van der Waals surface area contributed by atoms with E-state index in [1.54, 1.807) is 18.2 Å². The average Bonchev–Trinajstić information content (AvgIpc) is 2.81. The predicted octanol–water partition coefficient (Wildman–Crippen LogP) is 3.92. The molecule has 0 radical (unpaired) electrons. The summed E-state index contributed by atoms with van der Waals surface area (Å²) >= 11 is 0. The highest BCUT2D eigenvalue weighted by molar-refractivity contribution is 6.04. The molecule has 0 aliphatic carbocycles. The summed E-state index contributed by atoms with van der Waals surface area (Å²) in [4.78, 5) is 32.6. The fourth-order valence-electron chi connectivity index (χ4n) is 2.98. The van der Waals surface area contributed by atoms with Crippen LogP contribution in [0.4, 0.5) is 0 Å². The third-order valence-corrected chi connectivity index (χ3v) is 4.58.